The number of anilines is 2. The van der Waals surface area contributed by atoms with E-state index in [9.17, 15) is 23.1 Å². The minimum Gasteiger partial charge on any atom is -0.393 e. The highest BCUT2D eigenvalue weighted by Gasteiger charge is 2.36. The van der Waals surface area contributed by atoms with E-state index in [2.05, 4.69) is 0 Å². The van der Waals surface area contributed by atoms with Crippen molar-refractivity contribution in [2.24, 2.45) is 5.73 Å². The second kappa shape index (κ2) is 6.40. The molecule has 3 N–H and O–H groups in total. The number of aliphatic hydroxyl groups excluding tert-OH is 1. The molecule has 1 unspecified atom stereocenters. The number of hydrogen-bond acceptors (Lipinski definition) is 2. The topological polar surface area (TPSA) is 66.6 Å². The van der Waals surface area contributed by atoms with Crippen LogP contribution in [0.5, 0.6) is 0 Å². The van der Waals surface area contributed by atoms with Crippen LogP contribution in [0.4, 0.5) is 29.3 Å². The second-order valence-electron chi connectivity index (χ2n) is 6.00. The third-order valence-electron chi connectivity index (χ3n) is 4.35. The Balaban J connectivity index is 2.19. The third-order valence-corrected chi connectivity index (χ3v) is 4.35. The molecule has 1 atom stereocenters. The summed E-state index contributed by atoms with van der Waals surface area (Å²) in [6.07, 6.45) is -3.78. The molecule has 3 rings (SSSR count). The van der Waals surface area contributed by atoms with Gasteiger partial charge < -0.3 is 10.8 Å². The lowest BCUT2D eigenvalue weighted by atomic mass is 9.88. The van der Waals surface area contributed by atoms with E-state index in [0.717, 1.165) is 16.5 Å². The Hall–Kier alpha value is -2.54. The summed E-state index contributed by atoms with van der Waals surface area (Å²) < 4.78 is 40.1. The van der Waals surface area contributed by atoms with Crippen molar-refractivity contribution in [3.63, 3.8) is 0 Å². The van der Waals surface area contributed by atoms with E-state index in [-0.39, 0.29) is 17.8 Å². The van der Waals surface area contributed by atoms with Crippen molar-refractivity contribution in [2.75, 3.05) is 4.90 Å². The van der Waals surface area contributed by atoms with Crippen molar-refractivity contribution in [3.8, 4) is 0 Å². The number of nitrogens with two attached hydrogens (primary N) is 1. The van der Waals surface area contributed by atoms with Crippen LogP contribution in [0.1, 0.15) is 23.1 Å². The lowest BCUT2D eigenvalue weighted by Gasteiger charge is -2.30. The first kappa shape index (κ1) is 17.3. The van der Waals surface area contributed by atoms with Gasteiger partial charge in [0.2, 0.25) is 0 Å². The molecule has 0 bridgehead atoms. The molecule has 0 spiro atoms. The molecule has 0 aromatic heterocycles. The Kier molecular flexibility index (Phi) is 4.43. The highest BCUT2D eigenvalue weighted by Crippen LogP contribution is 2.41. The van der Waals surface area contributed by atoms with Crippen molar-refractivity contribution in [1.82, 2.24) is 0 Å². The Labute approximate surface area is 142 Å². The summed E-state index contributed by atoms with van der Waals surface area (Å²) in [5.74, 6) is 0. The molecular weight excluding hydrogens is 333 g/mol. The van der Waals surface area contributed by atoms with E-state index in [1.54, 1.807) is 12.1 Å². The number of halogens is 3. The number of primary amides is 1. The number of rotatable bonds is 2. The molecule has 2 aromatic carbocycles. The van der Waals surface area contributed by atoms with Gasteiger partial charge in [-0.15, -0.1) is 0 Å². The van der Waals surface area contributed by atoms with Crippen LogP contribution in [0.3, 0.4) is 0 Å². The molecule has 25 heavy (non-hydrogen) atoms. The number of aryl methyl sites for hydroxylation is 1. The predicted octanol–water partition coefficient (Wildman–Crippen LogP) is 3.77. The number of nitrogens with zero attached hydrogens (tertiary/aromatic N) is 1. The Morgan fingerprint density at radius 3 is 2.48 bits per heavy atom. The van der Waals surface area contributed by atoms with Gasteiger partial charge in [-0.3, -0.25) is 4.90 Å². The predicted molar refractivity (Wildman–Crippen MR) is 87.6 cm³/mol. The first-order chi connectivity index (χ1) is 11.8. The van der Waals surface area contributed by atoms with Crippen LogP contribution >= 0.6 is 0 Å². The summed E-state index contributed by atoms with van der Waals surface area (Å²) >= 11 is 0. The van der Waals surface area contributed by atoms with Crippen molar-refractivity contribution < 1.29 is 23.1 Å². The fourth-order valence-electron chi connectivity index (χ4n) is 3.24. The van der Waals surface area contributed by atoms with E-state index in [0.29, 0.717) is 18.4 Å². The van der Waals surface area contributed by atoms with E-state index < -0.39 is 23.9 Å². The molecule has 1 aliphatic rings. The summed E-state index contributed by atoms with van der Waals surface area (Å²) in [4.78, 5) is 12.9. The quantitative estimate of drug-likeness (QED) is 0.866. The van der Waals surface area contributed by atoms with E-state index in [1.165, 1.54) is 18.2 Å². The molecule has 0 heterocycles. The maximum atomic E-state index is 13.4. The van der Waals surface area contributed by atoms with Crippen LogP contribution in [-0.2, 0) is 19.0 Å². The Morgan fingerprint density at radius 1 is 1.12 bits per heavy atom. The van der Waals surface area contributed by atoms with Gasteiger partial charge in [-0.1, -0.05) is 24.3 Å². The molecule has 7 heteroatoms. The normalized spacial score (nSPS) is 17.0. The number of alkyl halides is 3. The molecule has 0 saturated heterocycles. The van der Waals surface area contributed by atoms with Crippen molar-refractivity contribution in [2.45, 2.75) is 31.5 Å². The standard InChI is InChI=1S/C18H17F3N2O2/c19-18(20,21)14-5-1-2-6-16(14)23(17(22)25)15-7-3-4-11-8-9-12(24)10-13(11)15/h1-7,12,24H,8-10H2,(H2,22,25). The zero-order chi connectivity index (χ0) is 18.2. The molecule has 0 aliphatic heterocycles. The zero-order valence-corrected chi connectivity index (χ0v) is 13.3. The lowest BCUT2D eigenvalue weighted by Crippen LogP contribution is -2.34. The van der Waals surface area contributed by atoms with Gasteiger partial charge in [0, 0.05) is 6.42 Å². The van der Waals surface area contributed by atoms with Gasteiger partial charge in [0.1, 0.15) is 0 Å². The highest BCUT2D eigenvalue weighted by molar-refractivity contribution is 6.00. The molecule has 132 valence electrons. The summed E-state index contributed by atoms with van der Waals surface area (Å²) in [6.45, 7) is 0. The average Bonchev–Trinajstić information content (AvgIpc) is 2.54. The number of carbonyl (C=O) groups excluding carboxylic acids is 1. The SMILES string of the molecule is NC(=O)N(c1ccccc1C(F)(F)F)c1cccc2c1CC(O)CC2. The van der Waals surface area contributed by atoms with Gasteiger partial charge >= 0.3 is 12.2 Å². The smallest absolute Gasteiger partial charge is 0.393 e. The third kappa shape index (κ3) is 3.32. The average molecular weight is 350 g/mol. The molecule has 4 nitrogen and oxygen atoms in total. The number of hydrogen-bond donors (Lipinski definition) is 2. The van der Waals surface area contributed by atoms with E-state index in [1.807, 2.05) is 6.07 Å². The van der Waals surface area contributed by atoms with Crippen LogP contribution < -0.4 is 10.6 Å². The maximum Gasteiger partial charge on any atom is 0.418 e. The van der Waals surface area contributed by atoms with Gasteiger partial charge in [0.25, 0.3) is 0 Å². The van der Waals surface area contributed by atoms with Gasteiger partial charge in [-0.2, -0.15) is 13.2 Å². The van der Waals surface area contributed by atoms with E-state index >= 15 is 0 Å². The lowest BCUT2D eigenvalue weighted by molar-refractivity contribution is -0.137. The summed E-state index contributed by atoms with van der Waals surface area (Å²) in [7, 11) is 0. The summed E-state index contributed by atoms with van der Waals surface area (Å²) in [6, 6.07) is 8.87. The molecule has 2 amide bonds. The number of para-hydroxylation sites is 1. The molecule has 1 aliphatic carbocycles. The number of benzene rings is 2. The largest absolute Gasteiger partial charge is 0.418 e. The first-order valence-electron chi connectivity index (χ1n) is 7.83. The Morgan fingerprint density at radius 2 is 1.80 bits per heavy atom. The van der Waals surface area contributed by atoms with Gasteiger partial charge in [-0.05, 0) is 42.2 Å². The maximum absolute atomic E-state index is 13.4. The first-order valence-corrected chi connectivity index (χ1v) is 7.83. The second-order valence-corrected chi connectivity index (χ2v) is 6.00. The Bertz CT molecular complexity index is 805. The number of urea groups is 1. The van der Waals surface area contributed by atoms with Crippen LogP contribution in [0.2, 0.25) is 0 Å². The summed E-state index contributed by atoms with van der Waals surface area (Å²) in [5, 5.41) is 9.94. The van der Waals surface area contributed by atoms with Gasteiger partial charge in [-0.25, -0.2) is 4.79 Å². The molecular formula is C18H17F3N2O2. The minimum atomic E-state index is -4.63. The van der Waals surface area contributed by atoms with Crippen LogP contribution in [-0.4, -0.2) is 17.2 Å². The monoisotopic (exact) mass is 350 g/mol. The fourth-order valence-corrected chi connectivity index (χ4v) is 3.24. The number of amides is 2. The zero-order valence-electron chi connectivity index (χ0n) is 13.3. The van der Waals surface area contributed by atoms with Gasteiger partial charge in [0.05, 0.1) is 23.0 Å². The number of fused-ring (bicyclic) bond motifs is 1. The van der Waals surface area contributed by atoms with Crippen molar-refractivity contribution >= 4 is 17.4 Å². The molecule has 0 radical (unpaired) electrons. The highest BCUT2D eigenvalue weighted by atomic mass is 19.4. The van der Waals surface area contributed by atoms with E-state index in [4.69, 9.17) is 5.73 Å². The van der Waals surface area contributed by atoms with Crippen LogP contribution in [0.25, 0.3) is 0 Å². The summed E-state index contributed by atoms with van der Waals surface area (Å²) in [5.41, 5.74) is 6.00. The van der Waals surface area contributed by atoms with Gasteiger partial charge in [0.15, 0.2) is 0 Å². The van der Waals surface area contributed by atoms with Crippen molar-refractivity contribution in [1.29, 1.82) is 0 Å². The van der Waals surface area contributed by atoms with Crippen LogP contribution in [0, 0.1) is 0 Å². The van der Waals surface area contributed by atoms with Crippen molar-refractivity contribution in [3.05, 3.63) is 59.2 Å². The number of aliphatic hydroxyl groups is 1. The number of carbonyl (C=O) groups is 1. The molecule has 0 fully saturated rings. The minimum absolute atomic E-state index is 0.267. The fraction of sp³-hybridized carbons (Fsp3) is 0.278. The molecule has 0 saturated carbocycles. The van der Waals surface area contributed by atoms with Crippen LogP contribution in [0.15, 0.2) is 42.5 Å². The molecule has 2 aromatic rings.